The fourth-order valence-electron chi connectivity index (χ4n) is 3.36. The van der Waals surface area contributed by atoms with Crippen molar-refractivity contribution in [1.82, 2.24) is 15.0 Å². The first-order valence-electron chi connectivity index (χ1n) is 9.92. The van der Waals surface area contributed by atoms with Crippen LogP contribution in [0.5, 0.6) is 0 Å². The SMILES string of the molecule is CCN(C(=O)[C@@H](C)OC(=O)c1ccc(SCc2nc(C)no2)cc1)[C@H]1CCS(=O)(=O)C1. The van der Waals surface area contributed by atoms with Gasteiger partial charge in [0.2, 0.25) is 5.89 Å². The van der Waals surface area contributed by atoms with E-state index in [1.807, 2.05) is 0 Å². The van der Waals surface area contributed by atoms with Crippen molar-refractivity contribution >= 4 is 33.5 Å². The van der Waals surface area contributed by atoms with Crippen LogP contribution in [-0.4, -0.2) is 65.5 Å². The molecular formula is C20H25N3O6S2. The highest BCUT2D eigenvalue weighted by molar-refractivity contribution is 7.98. The van der Waals surface area contributed by atoms with Gasteiger partial charge in [-0.2, -0.15) is 4.98 Å². The number of nitrogens with zero attached hydrogens (tertiary/aromatic N) is 3. The highest BCUT2D eigenvalue weighted by Gasteiger charge is 2.36. The molecule has 1 amide bonds. The number of hydrogen-bond donors (Lipinski definition) is 0. The van der Waals surface area contributed by atoms with Crippen LogP contribution in [0, 0.1) is 6.92 Å². The molecule has 2 aromatic rings. The van der Waals surface area contributed by atoms with E-state index in [-0.39, 0.29) is 23.5 Å². The van der Waals surface area contributed by atoms with Gasteiger partial charge in [-0.1, -0.05) is 5.16 Å². The molecule has 0 spiro atoms. The third-order valence-electron chi connectivity index (χ3n) is 4.93. The molecule has 1 aromatic heterocycles. The van der Waals surface area contributed by atoms with E-state index in [4.69, 9.17) is 9.26 Å². The number of esters is 1. The predicted molar refractivity (Wildman–Crippen MR) is 114 cm³/mol. The molecule has 1 aromatic carbocycles. The summed E-state index contributed by atoms with van der Waals surface area (Å²) in [5, 5.41) is 3.74. The molecule has 1 fully saturated rings. The monoisotopic (exact) mass is 467 g/mol. The van der Waals surface area contributed by atoms with Crippen LogP contribution >= 0.6 is 11.8 Å². The first kappa shape index (κ1) is 23.3. The summed E-state index contributed by atoms with van der Waals surface area (Å²) in [6.45, 7) is 5.39. The second kappa shape index (κ2) is 9.82. The van der Waals surface area contributed by atoms with Gasteiger partial charge in [0.15, 0.2) is 21.8 Å². The van der Waals surface area contributed by atoms with Crippen LogP contribution in [0.15, 0.2) is 33.7 Å². The molecule has 3 rings (SSSR count). The number of rotatable bonds is 8. The minimum absolute atomic E-state index is 0.0461. The van der Waals surface area contributed by atoms with Crippen molar-refractivity contribution in [3.05, 3.63) is 41.5 Å². The fourth-order valence-corrected chi connectivity index (χ4v) is 5.83. The second-order valence-corrected chi connectivity index (χ2v) is 10.6. The van der Waals surface area contributed by atoms with Crippen LogP contribution < -0.4 is 0 Å². The normalized spacial score (nSPS) is 18.5. The average molecular weight is 468 g/mol. The van der Waals surface area contributed by atoms with Gasteiger partial charge in [-0.25, -0.2) is 13.2 Å². The van der Waals surface area contributed by atoms with E-state index in [0.29, 0.717) is 36.0 Å². The number of likely N-dealkylation sites (N-methyl/N-ethyl adjacent to an activating group) is 1. The minimum atomic E-state index is -3.12. The minimum Gasteiger partial charge on any atom is -0.449 e. The van der Waals surface area contributed by atoms with Crippen molar-refractivity contribution in [2.45, 2.75) is 50.0 Å². The number of thioether (sulfide) groups is 1. The molecule has 11 heteroatoms. The van der Waals surface area contributed by atoms with Gasteiger partial charge in [-0.3, -0.25) is 4.79 Å². The number of aryl methyl sites for hydroxylation is 1. The lowest BCUT2D eigenvalue weighted by Gasteiger charge is -2.29. The number of amides is 1. The van der Waals surface area contributed by atoms with Gasteiger partial charge in [0, 0.05) is 17.5 Å². The van der Waals surface area contributed by atoms with Gasteiger partial charge >= 0.3 is 5.97 Å². The molecular weight excluding hydrogens is 442 g/mol. The molecule has 31 heavy (non-hydrogen) atoms. The van der Waals surface area contributed by atoms with Gasteiger partial charge in [0.1, 0.15) is 0 Å². The van der Waals surface area contributed by atoms with Gasteiger partial charge in [-0.05, 0) is 51.5 Å². The first-order chi connectivity index (χ1) is 14.7. The number of hydrogen-bond acceptors (Lipinski definition) is 9. The van der Waals surface area contributed by atoms with E-state index in [0.717, 1.165) is 4.90 Å². The summed E-state index contributed by atoms with van der Waals surface area (Å²) >= 11 is 1.49. The molecule has 1 aliphatic rings. The van der Waals surface area contributed by atoms with Gasteiger partial charge < -0.3 is 14.2 Å². The number of ether oxygens (including phenoxy) is 1. The standard InChI is InChI=1S/C20H25N3O6S2/c1-4-23(16-9-10-31(26,27)12-16)19(24)13(2)28-20(25)15-5-7-17(8-6-15)30-11-18-21-14(3)22-29-18/h5-8,13,16H,4,9-12H2,1-3H3/t13-,16+/m1/s1. The summed E-state index contributed by atoms with van der Waals surface area (Å²) in [4.78, 5) is 31.7. The van der Waals surface area contributed by atoms with Crippen molar-refractivity contribution in [2.24, 2.45) is 0 Å². The van der Waals surface area contributed by atoms with Crippen molar-refractivity contribution < 1.29 is 27.3 Å². The summed E-state index contributed by atoms with van der Waals surface area (Å²) in [7, 11) is -3.12. The Labute approximate surface area is 185 Å². The zero-order chi connectivity index (χ0) is 22.6. The summed E-state index contributed by atoms with van der Waals surface area (Å²) in [5.41, 5.74) is 0.323. The predicted octanol–water partition coefficient (Wildman–Crippen LogP) is 2.25. The highest BCUT2D eigenvalue weighted by atomic mass is 32.2. The largest absolute Gasteiger partial charge is 0.449 e. The van der Waals surface area contributed by atoms with Crippen LogP contribution in [0.3, 0.4) is 0 Å². The van der Waals surface area contributed by atoms with E-state index in [1.165, 1.54) is 23.6 Å². The average Bonchev–Trinajstić information content (AvgIpc) is 3.31. The van der Waals surface area contributed by atoms with Gasteiger partial charge in [-0.15, -0.1) is 11.8 Å². The first-order valence-corrected chi connectivity index (χ1v) is 12.7. The van der Waals surface area contributed by atoms with Crippen molar-refractivity contribution in [2.75, 3.05) is 18.1 Å². The zero-order valence-electron chi connectivity index (χ0n) is 17.6. The van der Waals surface area contributed by atoms with E-state index >= 15 is 0 Å². The van der Waals surface area contributed by atoms with E-state index in [2.05, 4.69) is 10.1 Å². The molecule has 0 N–H and O–H groups in total. The summed E-state index contributed by atoms with van der Waals surface area (Å²) in [6, 6.07) is 6.43. The summed E-state index contributed by atoms with van der Waals surface area (Å²) in [6.07, 6.45) is -0.601. The summed E-state index contributed by atoms with van der Waals surface area (Å²) < 4.78 is 33.9. The second-order valence-electron chi connectivity index (χ2n) is 7.28. The molecule has 0 bridgehead atoms. The van der Waals surface area contributed by atoms with Crippen molar-refractivity contribution in [1.29, 1.82) is 0 Å². The third-order valence-corrected chi connectivity index (χ3v) is 7.67. The highest BCUT2D eigenvalue weighted by Crippen LogP contribution is 2.23. The Kier molecular flexibility index (Phi) is 7.37. The molecule has 0 radical (unpaired) electrons. The Morgan fingerprint density at radius 2 is 2.03 bits per heavy atom. The number of aromatic nitrogens is 2. The maximum atomic E-state index is 12.7. The molecule has 2 heterocycles. The number of sulfone groups is 1. The van der Waals surface area contributed by atoms with Crippen LogP contribution in [0.25, 0.3) is 0 Å². The van der Waals surface area contributed by atoms with Crippen LogP contribution in [0.1, 0.15) is 42.3 Å². The Balaban J connectivity index is 1.55. The van der Waals surface area contributed by atoms with Gasteiger partial charge in [0.25, 0.3) is 5.91 Å². The molecule has 2 atom stereocenters. The molecule has 0 unspecified atom stereocenters. The summed E-state index contributed by atoms with van der Waals surface area (Å²) in [5.74, 6) is 0.643. The number of carbonyl (C=O) groups excluding carboxylic acids is 2. The Hall–Kier alpha value is -2.40. The molecule has 9 nitrogen and oxygen atoms in total. The Bertz CT molecular complexity index is 1040. The van der Waals surface area contributed by atoms with E-state index in [1.54, 1.807) is 38.1 Å². The Morgan fingerprint density at radius 3 is 2.58 bits per heavy atom. The molecule has 0 aliphatic carbocycles. The maximum absolute atomic E-state index is 12.7. The maximum Gasteiger partial charge on any atom is 0.338 e. The van der Waals surface area contributed by atoms with Gasteiger partial charge in [0.05, 0.1) is 22.8 Å². The third kappa shape index (κ3) is 6.07. The van der Waals surface area contributed by atoms with Crippen LogP contribution in [0.2, 0.25) is 0 Å². The van der Waals surface area contributed by atoms with E-state index in [9.17, 15) is 18.0 Å². The molecule has 1 saturated heterocycles. The van der Waals surface area contributed by atoms with Crippen LogP contribution in [0.4, 0.5) is 0 Å². The molecule has 168 valence electrons. The number of carbonyl (C=O) groups is 2. The van der Waals surface area contributed by atoms with Crippen LogP contribution in [-0.2, 0) is 25.1 Å². The lowest BCUT2D eigenvalue weighted by Crippen LogP contribution is -2.46. The quantitative estimate of drug-likeness (QED) is 0.425. The van der Waals surface area contributed by atoms with Crippen molar-refractivity contribution in [3.8, 4) is 0 Å². The Morgan fingerprint density at radius 1 is 1.32 bits per heavy atom. The zero-order valence-corrected chi connectivity index (χ0v) is 19.2. The van der Waals surface area contributed by atoms with E-state index < -0.39 is 21.9 Å². The van der Waals surface area contributed by atoms with Crippen molar-refractivity contribution in [3.63, 3.8) is 0 Å². The smallest absolute Gasteiger partial charge is 0.338 e. The molecule has 1 aliphatic heterocycles. The molecule has 0 saturated carbocycles. The lowest BCUT2D eigenvalue weighted by atomic mass is 10.2. The number of benzene rings is 1. The fraction of sp³-hybridized carbons (Fsp3) is 0.500. The topological polar surface area (TPSA) is 120 Å². The lowest BCUT2D eigenvalue weighted by molar-refractivity contribution is -0.141.